The molecule has 92 valence electrons. The number of hydrogen-bond donors (Lipinski definition) is 1. The van der Waals surface area contributed by atoms with Crippen LogP contribution in [0.3, 0.4) is 0 Å². The first-order valence-electron chi connectivity index (χ1n) is 5.97. The average molecular weight is 234 g/mol. The number of hydrogen-bond acceptors (Lipinski definition) is 4. The molecule has 1 unspecified atom stereocenters. The second kappa shape index (κ2) is 5.68. The Morgan fingerprint density at radius 1 is 1.41 bits per heavy atom. The van der Waals surface area contributed by atoms with Crippen molar-refractivity contribution in [3.63, 3.8) is 0 Å². The molecule has 0 amide bonds. The molecule has 17 heavy (non-hydrogen) atoms. The standard InChI is InChI=1S/C13H18N2O2/c1-3-6-14-12(8-11-5-4-7-16-11)13-9-17-10(2)15-13/h4-5,7,9,12,14H,3,6,8H2,1-2H3. The number of oxazole rings is 1. The second-order valence-corrected chi connectivity index (χ2v) is 4.08. The Balaban J connectivity index is 2.07. The van der Waals surface area contributed by atoms with Crippen LogP contribution in [0.1, 0.15) is 36.7 Å². The van der Waals surface area contributed by atoms with Gasteiger partial charge in [-0.1, -0.05) is 6.92 Å². The SMILES string of the molecule is CCCNC(Cc1ccco1)c1coc(C)n1. The summed E-state index contributed by atoms with van der Waals surface area (Å²) in [5, 5.41) is 3.45. The first-order valence-corrected chi connectivity index (χ1v) is 5.97. The molecule has 1 N–H and O–H groups in total. The molecule has 0 fully saturated rings. The van der Waals surface area contributed by atoms with Crippen LogP contribution in [0, 0.1) is 6.92 Å². The van der Waals surface area contributed by atoms with Gasteiger partial charge in [0.2, 0.25) is 0 Å². The van der Waals surface area contributed by atoms with Gasteiger partial charge >= 0.3 is 0 Å². The molecule has 0 radical (unpaired) electrons. The van der Waals surface area contributed by atoms with Gasteiger partial charge < -0.3 is 14.2 Å². The van der Waals surface area contributed by atoms with Crippen molar-refractivity contribution in [2.24, 2.45) is 0 Å². The number of aromatic nitrogens is 1. The minimum Gasteiger partial charge on any atom is -0.469 e. The third-order valence-electron chi connectivity index (χ3n) is 2.62. The molecular formula is C13H18N2O2. The van der Waals surface area contributed by atoms with E-state index in [0.29, 0.717) is 5.89 Å². The highest BCUT2D eigenvalue weighted by atomic mass is 16.3. The van der Waals surface area contributed by atoms with Crippen molar-refractivity contribution < 1.29 is 8.83 Å². The van der Waals surface area contributed by atoms with Crippen LogP contribution in [0.2, 0.25) is 0 Å². The highest BCUT2D eigenvalue weighted by Crippen LogP contribution is 2.18. The molecule has 0 aliphatic heterocycles. The fourth-order valence-electron chi connectivity index (χ4n) is 1.77. The van der Waals surface area contributed by atoms with E-state index in [-0.39, 0.29) is 6.04 Å². The average Bonchev–Trinajstić information content (AvgIpc) is 2.95. The van der Waals surface area contributed by atoms with E-state index in [1.807, 2.05) is 19.1 Å². The molecule has 0 spiro atoms. The molecular weight excluding hydrogens is 216 g/mol. The van der Waals surface area contributed by atoms with Crippen molar-refractivity contribution in [3.8, 4) is 0 Å². The molecule has 0 aliphatic carbocycles. The Morgan fingerprint density at radius 3 is 2.88 bits per heavy atom. The maximum atomic E-state index is 5.37. The number of furan rings is 1. The predicted octanol–water partition coefficient (Wildman–Crippen LogP) is 2.86. The highest BCUT2D eigenvalue weighted by molar-refractivity contribution is 5.09. The molecule has 2 rings (SSSR count). The van der Waals surface area contributed by atoms with E-state index in [2.05, 4.69) is 17.2 Å². The van der Waals surface area contributed by atoms with E-state index >= 15 is 0 Å². The summed E-state index contributed by atoms with van der Waals surface area (Å²) in [7, 11) is 0. The summed E-state index contributed by atoms with van der Waals surface area (Å²) in [6.07, 6.45) is 5.29. The maximum absolute atomic E-state index is 5.37. The smallest absolute Gasteiger partial charge is 0.191 e. The van der Waals surface area contributed by atoms with Gasteiger partial charge in [0.25, 0.3) is 0 Å². The van der Waals surface area contributed by atoms with Gasteiger partial charge in [-0.25, -0.2) is 4.98 Å². The largest absolute Gasteiger partial charge is 0.469 e. The van der Waals surface area contributed by atoms with Gasteiger partial charge in [-0.15, -0.1) is 0 Å². The minimum absolute atomic E-state index is 0.151. The Hall–Kier alpha value is -1.55. The van der Waals surface area contributed by atoms with Crippen LogP contribution in [-0.2, 0) is 6.42 Å². The van der Waals surface area contributed by atoms with E-state index in [1.54, 1.807) is 12.5 Å². The lowest BCUT2D eigenvalue weighted by molar-refractivity contribution is 0.442. The number of aryl methyl sites for hydroxylation is 1. The van der Waals surface area contributed by atoms with Gasteiger partial charge in [0.1, 0.15) is 12.0 Å². The molecule has 2 aromatic rings. The topological polar surface area (TPSA) is 51.2 Å². The summed E-state index contributed by atoms with van der Waals surface area (Å²) in [6.45, 7) is 4.95. The monoisotopic (exact) mass is 234 g/mol. The molecule has 0 saturated heterocycles. The lowest BCUT2D eigenvalue weighted by Gasteiger charge is -2.14. The zero-order valence-electron chi connectivity index (χ0n) is 10.3. The minimum atomic E-state index is 0.151. The first kappa shape index (κ1) is 11.9. The van der Waals surface area contributed by atoms with Crippen molar-refractivity contribution >= 4 is 0 Å². The van der Waals surface area contributed by atoms with Gasteiger partial charge in [-0.3, -0.25) is 0 Å². The van der Waals surface area contributed by atoms with E-state index in [1.165, 1.54) is 0 Å². The first-order chi connectivity index (χ1) is 8.29. The predicted molar refractivity (Wildman–Crippen MR) is 64.7 cm³/mol. The molecule has 2 aromatic heterocycles. The number of nitrogens with one attached hydrogen (secondary N) is 1. The Labute approximate surface area is 101 Å². The third kappa shape index (κ3) is 3.20. The van der Waals surface area contributed by atoms with E-state index < -0.39 is 0 Å². The molecule has 2 heterocycles. The fourth-order valence-corrected chi connectivity index (χ4v) is 1.77. The van der Waals surface area contributed by atoms with E-state index in [9.17, 15) is 0 Å². The summed E-state index contributed by atoms with van der Waals surface area (Å²) in [4.78, 5) is 4.37. The third-order valence-corrected chi connectivity index (χ3v) is 2.62. The molecule has 4 heteroatoms. The zero-order chi connectivity index (χ0) is 12.1. The number of nitrogens with zero attached hydrogens (tertiary/aromatic N) is 1. The summed E-state index contributed by atoms with van der Waals surface area (Å²) in [5.41, 5.74) is 0.937. The summed E-state index contributed by atoms with van der Waals surface area (Å²) >= 11 is 0. The Morgan fingerprint density at radius 2 is 2.29 bits per heavy atom. The van der Waals surface area contributed by atoms with Crippen LogP contribution in [0.4, 0.5) is 0 Å². The summed E-state index contributed by atoms with van der Waals surface area (Å²) < 4.78 is 10.6. The normalized spacial score (nSPS) is 12.8. The van der Waals surface area contributed by atoms with Crippen molar-refractivity contribution in [1.29, 1.82) is 0 Å². The quantitative estimate of drug-likeness (QED) is 0.835. The summed E-state index contributed by atoms with van der Waals surface area (Å²) in [6, 6.07) is 4.03. The van der Waals surface area contributed by atoms with E-state index in [0.717, 1.165) is 30.8 Å². The van der Waals surface area contributed by atoms with Gasteiger partial charge in [-0.05, 0) is 25.1 Å². The van der Waals surface area contributed by atoms with Crippen LogP contribution in [0.5, 0.6) is 0 Å². The van der Waals surface area contributed by atoms with Crippen LogP contribution >= 0.6 is 0 Å². The van der Waals surface area contributed by atoms with Gasteiger partial charge in [-0.2, -0.15) is 0 Å². The molecule has 0 saturated carbocycles. The van der Waals surface area contributed by atoms with E-state index in [4.69, 9.17) is 8.83 Å². The highest BCUT2D eigenvalue weighted by Gasteiger charge is 2.16. The van der Waals surface area contributed by atoms with Crippen molar-refractivity contribution in [3.05, 3.63) is 42.0 Å². The van der Waals surface area contributed by atoms with Gasteiger partial charge in [0, 0.05) is 13.3 Å². The zero-order valence-corrected chi connectivity index (χ0v) is 10.3. The summed E-state index contributed by atoms with van der Waals surface area (Å²) in [5.74, 6) is 1.65. The van der Waals surface area contributed by atoms with Crippen LogP contribution in [-0.4, -0.2) is 11.5 Å². The Kier molecular flexibility index (Phi) is 3.98. The second-order valence-electron chi connectivity index (χ2n) is 4.08. The Bertz CT molecular complexity index is 434. The molecule has 0 aromatic carbocycles. The lowest BCUT2D eigenvalue weighted by Crippen LogP contribution is -2.24. The van der Waals surface area contributed by atoms with Crippen LogP contribution in [0.15, 0.2) is 33.5 Å². The number of rotatable bonds is 6. The maximum Gasteiger partial charge on any atom is 0.191 e. The van der Waals surface area contributed by atoms with Gasteiger partial charge in [0.15, 0.2) is 5.89 Å². The van der Waals surface area contributed by atoms with Crippen LogP contribution < -0.4 is 5.32 Å². The molecule has 0 bridgehead atoms. The fraction of sp³-hybridized carbons (Fsp3) is 0.462. The lowest BCUT2D eigenvalue weighted by atomic mass is 10.1. The molecule has 1 atom stereocenters. The van der Waals surface area contributed by atoms with Crippen LogP contribution in [0.25, 0.3) is 0 Å². The van der Waals surface area contributed by atoms with Crippen molar-refractivity contribution in [2.45, 2.75) is 32.7 Å². The van der Waals surface area contributed by atoms with Crippen molar-refractivity contribution in [2.75, 3.05) is 6.54 Å². The van der Waals surface area contributed by atoms with Crippen molar-refractivity contribution in [1.82, 2.24) is 10.3 Å². The molecule has 4 nitrogen and oxygen atoms in total. The molecule has 0 aliphatic rings. The van der Waals surface area contributed by atoms with Gasteiger partial charge in [0.05, 0.1) is 18.0 Å².